The van der Waals surface area contributed by atoms with Crippen LogP contribution >= 0.6 is 11.6 Å². The van der Waals surface area contributed by atoms with Gasteiger partial charge in [-0.05, 0) is 6.07 Å². The lowest BCUT2D eigenvalue weighted by Crippen LogP contribution is -2.04. The molecule has 0 aliphatic heterocycles. The van der Waals surface area contributed by atoms with Crippen LogP contribution < -0.4 is 4.74 Å². The molecule has 80 valence electrons. The number of carbonyl (C=O) groups is 1. The Morgan fingerprint density at radius 3 is 2.67 bits per heavy atom. The number of ether oxygens (including phenoxy) is 1. The maximum absolute atomic E-state index is 13.1. The molecule has 0 spiro atoms. The number of hydrogen-bond donors (Lipinski definition) is 0. The van der Waals surface area contributed by atoms with Crippen molar-refractivity contribution in [1.82, 2.24) is 0 Å². The van der Waals surface area contributed by atoms with E-state index >= 15 is 0 Å². The fourth-order valence-electron chi connectivity index (χ4n) is 0.900. The fourth-order valence-corrected chi connectivity index (χ4v) is 1.16. The van der Waals surface area contributed by atoms with Gasteiger partial charge in [0, 0.05) is 13.0 Å². The molecule has 0 amide bonds. The van der Waals surface area contributed by atoms with Gasteiger partial charge in [-0.2, -0.15) is 0 Å². The minimum atomic E-state index is -0.930. The first kappa shape index (κ1) is 11.4. The number of nitro groups is 1. The summed E-state index contributed by atoms with van der Waals surface area (Å²) >= 11 is 5.49. The molecule has 0 saturated carbocycles. The topological polar surface area (TPSA) is 69.4 Å². The van der Waals surface area contributed by atoms with Gasteiger partial charge in [-0.25, -0.2) is 4.39 Å². The maximum atomic E-state index is 13.1. The van der Waals surface area contributed by atoms with Crippen LogP contribution in [-0.4, -0.2) is 10.9 Å². The highest BCUT2D eigenvalue weighted by Crippen LogP contribution is 2.35. The van der Waals surface area contributed by atoms with E-state index in [4.69, 9.17) is 11.6 Å². The van der Waals surface area contributed by atoms with Gasteiger partial charge >= 0.3 is 5.97 Å². The van der Waals surface area contributed by atoms with Gasteiger partial charge < -0.3 is 4.74 Å². The second kappa shape index (κ2) is 4.22. The van der Waals surface area contributed by atoms with E-state index in [0.717, 1.165) is 19.1 Å². The Labute approximate surface area is 88.6 Å². The summed E-state index contributed by atoms with van der Waals surface area (Å²) in [5.41, 5.74) is -0.519. The third-order valence-electron chi connectivity index (χ3n) is 1.47. The van der Waals surface area contributed by atoms with Crippen LogP contribution in [0, 0.1) is 15.9 Å². The molecule has 1 aromatic rings. The molecular weight excluding hydrogens is 229 g/mol. The summed E-state index contributed by atoms with van der Waals surface area (Å²) in [5, 5.41) is 9.90. The number of hydrogen-bond acceptors (Lipinski definition) is 4. The van der Waals surface area contributed by atoms with E-state index in [1.165, 1.54) is 0 Å². The van der Waals surface area contributed by atoms with Crippen molar-refractivity contribution in [3.05, 3.63) is 33.1 Å². The van der Waals surface area contributed by atoms with Crippen LogP contribution in [0.25, 0.3) is 0 Å². The molecule has 1 aromatic carbocycles. The predicted octanol–water partition coefficient (Wildman–Crippen LogP) is 2.31. The number of esters is 1. The Morgan fingerprint density at radius 1 is 1.60 bits per heavy atom. The van der Waals surface area contributed by atoms with Gasteiger partial charge in [0.2, 0.25) is 0 Å². The summed E-state index contributed by atoms with van der Waals surface area (Å²) in [6.45, 7) is 1.04. The first-order valence-electron chi connectivity index (χ1n) is 3.74. The molecule has 0 bridgehead atoms. The zero-order chi connectivity index (χ0) is 11.6. The Bertz CT molecular complexity index is 435. The van der Waals surface area contributed by atoms with E-state index in [9.17, 15) is 19.3 Å². The second-order valence-electron chi connectivity index (χ2n) is 2.56. The third kappa shape index (κ3) is 2.41. The van der Waals surface area contributed by atoms with E-state index in [1.54, 1.807) is 0 Å². The van der Waals surface area contributed by atoms with Crippen LogP contribution in [-0.2, 0) is 4.79 Å². The molecule has 0 heterocycles. The van der Waals surface area contributed by atoms with Gasteiger partial charge in [-0.1, -0.05) is 11.6 Å². The molecule has 0 radical (unpaired) electrons. The lowest BCUT2D eigenvalue weighted by Gasteiger charge is -2.04. The van der Waals surface area contributed by atoms with Crippen LogP contribution in [0.15, 0.2) is 12.1 Å². The minimum Gasteiger partial charge on any atom is -0.422 e. The van der Waals surface area contributed by atoms with Crippen LogP contribution in [0.1, 0.15) is 6.92 Å². The van der Waals surface area contributed by atoms with E-state index < -0.39 is 33.2 Å². The van der Waals surface area contributed by atoms with E-state index in [-0.39, 0.29) is 0 Å². The standard InChI is InChI=1S/C8H5ClFNO4/c1-4(12)15-8-5(10)2-3-6(7(8)9)11(13)14/h2-3H,1H3. The van der Waals surface area contributed by atoms with Gasteiger partial charge in [-0.15, -0.1) is 0 Å². The van der Waals surface area contributed by atoms with Crippen molar-refractivity contribution in [3.8, 4) is 5.75 Å². The number of halogens is 2. The average molecular weight is 234 g/mol. The normalized spacial score (nSPS) is 9.80. The largest absolute Gasteiger partial charge is 0.422 e. The average Bonchev–Trinajstić information content (AvgIpc) is 2.11. The van der Waals surface area contributed by atoms with Crippen LogP contribution in [0.3, 0.4) is 0 Å². The number of rotatable bonds is 2. The van der Waals surface area contributed by atoms with E-state index in [0.29, 0.717) is 0 Å². The molecule has 0 aliphatic rings. The van der Waals surface area contributed by atoms with Gasteiger partial charge in [0.15, 0.2) is 16.6 Å². The highest BCUT2D eigenvalue weighted by atomic mass is 35.5. The first-order chi connectivity index (χ1) is 6.93. The van der Waals surface area contributed by atoms with Crippen molar-refractivity contribution in [3.63, 3.8) is 0 Å². The van der Waals surface area contributed by atoms with E-state index in [2.05, 4.69) is 4.74 Å². The minimum absolute atomic E-state index is 0.519. The zero-order valence-corrected chi connectivity index (χ0v) is 8.25. The van der Waals surface area contributed by atoms with Crippen molar-refractivity contribution in [2.45, 2.75) is 6.92 Å². The summed E-state index contributed by atoms with van der Waals surface area (Å²) in [7, 11) is 0. The van der Waals surface area contributed by atoms with Gasteiger partial charge in [0.1, 0.15) is 0 Å². The lowest BCUT2D eigenvalue weighted by atomic mass is 10.3. The summed E-state index contributed by atoms with van der Waals surface area (Å²) in [6.07, 6.45) is 0. The SMILES string of the molecule is CC(=O)Oc1c(F)ccc([N+](=O)[O-])c1Cl. The summed E-state index contributed by atoms with van der Waals surface area (Å²) in [4.78, 5) is 20.2. The Morgan fingerprint density at radius 2 is 2.20 bits per heavy atom. The van der Waals surface area contributed by atoms with Crippen molar-refractivity contribution >= 4 is 23.3 Å². The molecule has 0 atom stereocenters. The highest BCUT2D eigenvalue weighted by Gasteiger charge is 2.21. The predicted molar refractivity (Wildman–Crippen MR) is 49.4 cm³/mol. The Kier molecular flexibility index (Phi) is 3.21. The molecule has 7 heteroatoms. The quantitative estimate of drug-likeness (QED) is 0.340. The number of carbonyl (C=O) groups excluding carboxylic acids is 1. The van der Waals surface area contributed by atoms with Crippen molar-refractivity contribution < 1.29 is 18.8 Å². The first-order valence-corrected chi connectivity index (χ1v) is 4.12. The summed E-state index contributed by atoms with van der Waals surface area (Å²) < 4.78 is 17.5. The number of benzene rings is 1. The summed E-state index contributed by atoms with van der Waals surface area (Å²) in [5.74, 6) is -2.37. The smallest absolute Gasteiger partial charge is 0.308 e. The number of nitro benzene ring substituents is 1. The molecule has 0 fully saturated rings. The third-order valence-corrected chi connectivity index (χ3v) is 1.84. The fraction of sp³-hybridized carbons (Fsp3) is 0.125. The van der Waals surface area contributed by atoms with E-state index in [1.807, 2.05) is 0 Å². The van der Waals surface area contributed by atoms with Gasteiger partial charge in [-0.3, -0.25) is 14.9 Å². The monoisotopic (exact) mass is 233 g/mol. The molecule has 5 nitrogen and oxygen atoms in total. The lowest BCUT2D eigenvalue weighted by molar-refractivity contribution is -0.384. The molecule has 0 aromatic heterocycles. The summed E-state index contributed by atoms with van der Waals surface area (Å²) in [6, 6.07) is 1.70. The van der Waals surface area contributed by atoms with Crippen molar-refractivity contribution in [2.24, 2.45) is 0 Å². The molecule has 15 heavy (non-hydrogen) atoms. The highest BCUT2D eigenvalue weighted by molar-refractivity contribution is 6.34. The van der Waals surface area contributed by atoms with Crippen LogP contribution in [0.2, 0.25) is 5.02 Å². The molecule has 0 unspecified atom stereocenters. The van der Waals surface area contributed by atoms with Gasteiger partial charge in [0.25, 0.3) is 5.69 Å². The molecule has 0 aliphatic carbocycles. The Balaban J connectivity index is 3.29. The van der Waals surface area contributed by atoms with Crippen molar-refractivity contribution in [1.29, 1.82) is 0 Å². The molecule has 1 rings (SSSR count). The second-order valence-corrected chi connectivity index (χ2v) is 2.94. The zero-order valence-electron chi connectivity index (χ0n) is 7.49. The van der Waals surface area contributed by atoms with Crippen molar-refractivity contribution in [2.75, 3.05) is 0 Å². The molecule has 0 saturated heterocycles. The molecular formula is C8H5ClFNO4. The van der Waals surface area contributed by atoms with Crippen LogP contribution in [0.4, 0.5) is 10.1 Å². The maximum Gasteiger partial charge on any atom is 0.308 e. The van der Waals surface area contributed by atoms with Gasteiger partial charge in [0.05, 0.1) is 4.92 Å². The number of nitrogens with zero attached hydrogens (tertiary/aromatic N) is 1. The Hall–Kier alpha value is -1.69. The molecule has 0 N–H and O–H groups in total. The van der Waals surface area contributed by atoms with Crippen LogP contribution in [0.5, 0.6) is 5.75 Å².